The van der Waals surface area contributed by atoms with Crippen LogP contribution in [-0.2, 0) is 31.4 Å². The fourth-order valence-electron chi connectivity index (χ4n) is 1.80. The van der Waals surface area contributed by atoms with Crippen LogP contribution < -0.4 is 0 Å². The van der Waals surface area contributed by atoms with Gasteiger partial charge >= 0.3 is 0 Å². The van der Waals surface area contributed by atoms with E-state index in [1.165, 1.54) is 38.9 Å². The number of hydrogen-bond donors (Lipinski definition) is 0. The summed E-state index contributed by atoms with van der Waals surface area (Å²) in [6.45, 7) is 7.22. The second kappa shape index (κ2) is 8.06. The van der Waals surface area contributed by atoms with Crippen molar-refractivity contribution in [1.29, 1.82) is 0 Å². The SMILES string of the molecule is CC1CCN(CCCN(C)[S-])CC1.[V]. The van der Waals surface area contributed by atoms with E-state index in [4.69, 9.17) is 12.8 Å². The molecule has 83 valence electrons. The minimum absolute atomic E-state index is 0. The number of likely N-dealkylation sites (tertiary alicyclic amines) is 1. The van der Waals surface area contributed by atoms with Crippen LogP contribution in [-0.4, -0.2) is 42.4 Å². The third-order valence-electron chi connectivity index (χ3n) is 2.82. The summed E-state index contributed by atoms with van der Waals surface area (Å²) >= 11 is 4.98. The first-order valence-electron chi connectivity index (χ1n) is 5.29. The van der Waals surface area contributed by atoms with E-state index in [-0.39, 0.29) is 18.6 Å². The Morgan fingerprint density at radius 2 is 1.93 bits per heavy atom. The van der Waals surface area contributed by atoms with Gasteiger partial charge in [0.15, 0.2) is 0 Å². The third kappa shape index (κ3) is 6.36. The summed E-state index contributed by atoms with van der Waals surface area (Å²) in [7, 11) is 1.97. The van der Waals surface area contributed by atoms with Crippen molar-refractivity contribution in [3.05, 3.63) is 0 Å². The molecule has 0 bridgehead atoms. The molecular weight excluding hydrogens is 231 g/mol. The van der Waals surface area contributed by atoms with Gasteiger partial charge in [-0.3, -0.25) is 0 Å². The van der Waals surface area contributed by atoms with E-state index < -0.39 is 0 Å². The fourth-order valence-corrected chi connectivity index (χ4v) is 1.93. The van der Waals surface area contributed by atoms with E-state index in [0.717, 1.165) is 12.5 Å². The molecule has 0 aromatic rings. The van der Waals surface area contributed by atoms with E-state index >= 15 is 0 Å². The van der Waals surface area contributed by atoms with E-state index in [0.29, 0.717) is 0 Å². The van der Waals surface area contributed by atoms with Gasteiger partial charge in [0, 0.05) is 18.6 Å². The quantitative estimate of drug-likeness (QED) is 0.700. The number of rotatable bonds is 4. The monoisotopic (exact) mass is 252 g/mol. The summed E-state index contributed by atoms with van der Waals surface area (Å²) in [6, 6.07) is 0. The molecule has 1 aliphatic heterocycles. The van der Waals surface area contributed by atoms with Gasteiger partial charge in [0.1, 0.15) is 0 Å². The van der Waals surface area contributed by atoms with Crippen molar-refractivity contribution in [2.75, 3.05) is 33.2 Å². The molecule has 0 N–H and O–H groups in total. The summed E-state index contributed by atoms with van der Waals surface area (Å²) in [5.74, 6) is 0.942. The minimum Gasteiger partial charge on any atom is -0.702 e. The van der Waals surface area contributed by atoms with Crippen molar-refractivity contribution in [2.45, 2.75) is 26.2 Å². The van der Waals surface area contributed by atoms with Crippen molar-refractivity contribution in [3.8, 4) is 0 Å². The molecule has 1 rings (SSSR count). The maximum Gasteiger partial charge on any atom is 0 e. The van der Waals surface area contributed by atoms with Crippen LogP contribution in [0.3, 0.4) is 0 Å². The zero-order valence-corrected chi connectivity index (χ0v) is 11.5. The van der Waals surface area contributed by atoms with Crippen LogP contribution in [0.2, 0.25) is 0 Å². The predicted octanol–water partition coefficient (Wildman–Crippen LogP) is 1.50. The summed E-state index contributed by atoms with van der Waals surface area (Å²) in [5, 5.41) is 0. The van der Waals surface area contributed by atoms with Gasteiger partial charge in [-0.1, -0.05) is 6.92 Å². The molecule has 1 fully saturated rings. The van der Waals surface area contributed by atoms with Gasteiger partial charge in [0.2, 0.25) is 0 Å². The first-order chi connectivity index (χ1) is 6.18. The second-order valence-electron chi connectivity index (χ2n) is 4.23. The fraction of sp³-hybridized carbons (Fsp3) is 1.00. The number of hydrogen-bond acceptors (Lipinski definition) is 3. The van der Waals surface area contributed by atoms with Crippen LogP contribution in [0.1, 0.15) is 26.2 Å². The van der Waals surface area contributed by atoms with Crippen molar-refractivity contribution >= 4 is 12.8 Å². The van der Waals surface area contributed by atoms with Gasteiger partial charge in [0.05, 0.1) is 0 Å². The van der Waals surface area contributed by atoms with Crippen LogP contribution >= 0.6 is 0 Å². The molecule has 2 nitrogen and oxygen atoms in total. The molecule has 1 heterocycles. The topological polar surface area (TPSA) is 6.48 Å². The molecule has 0 aliphatic carbocycles. The van der Waals surface area contributed by atoms with E-state index in [9.17, 15) is 0 Å². The molecule has 4 heteroatoms. The molecule has 0 aromatic carbocycles. The molecule has 0 unspecified atom stereocenters. The number of nitrogens with zero attached hydrogens (tertiary/aromatic N) is 2. The Morgan fingerprint density at radius 1 is 1.36 bits per heavy atom. The zero-order valence-electron chi connectivity index (χ0n) is 9.28. The largest absolute Gasteiger partial charge is 0.702 e. The predicted molar refractivity (Wildman–Crippen MR) is 59.5 cm³/mol. The molecule has 14 heavy (non-hydrogen) atoms. The Bertz CT molecular complexity index is 136. The van der Waals surface area contributed by atoms with Crippen molar-refractivity contribution in [3.63, 3.8) is 0 Å². The molecule has 1 aliphatic rings. The molecule has 0 aromatic heterocycles. The summed E-state index contributed by atoms with van der Waals surface area (Å²) in [5.41, 5.74) is 0. The van der Waals surface area contributed by atoms with E-state index in [1.807, 2.05) is 11.4 Å². The Morgan fingerprint density at radius 3 is 2.43 bits per heavy atom. The Kier molecular flexibility index (Phi) is 8.55. The first-order valence-corrected chi connectivity index (χ1v) is 5.65. The molecule has 1 radical (unpaired) electrons. The molecular formula is C10H21N2SV-. The van der Waals surface area contributed by atoms with Gasteiger partial charge in [0.25, 0.3) is 0 Å². The second-order valence-corrected chi connectivity index (χ2v) is 4.85. The van der Waals surface area contributed by atoms with Crippen molar-refractivity contribution in [1.82, 2.24) is 9.21 Å². The van der Waals surface area contributed by atoms with Crippen LogP contribution in [0.5, 0.6) is 0 Å². The molecule has 0 amide bonds. The Labute approximate surface area is 106 Å². The van der Waals surface area contributed by atoms with Gasteiger partial charge in [-0.2, -0.15) is 0 Å². The molecule has 1 saturated heterocycles. The molecule has 0 saturated carbocycles. The average molecular weight is 252 g/mol. The summed E-state index contributed by atoms with van der Waals surface area (Å²) < 4.78 is 1.85. The maximum absolute atomic E-state index is 4.98. The van der Waals surface area contributed by atoms with E-state index in [1.54, 1.807) is 0 Å². The smallest absolute Gasteiger partial charge is 0 e. The van der Waals surface area contributed by atoms with Crippen LogP contribution in [0.25, 0.3) is 0 Å². The van der Waals surface area contributed by atoms with Crippen LogP contribution in [0, 0.1) is 5.92 Å². The Balaban J connectivity index is 0.00000169. The average Bonchev–Trinajstić information content (AvgIpc) is 2.08. The van der Waals surface area contributed by atoms with Crippen LogP contribution in [0.15, 0.2) is 0 Å². The molecule has 0 atom stereocenters. The van der Waals surface area contributed by atoms with Gasteiger partial charge in [-0.05, 0) is 58.4 Å². The Hall–Kier alpha value is 0.854. The zero-order chi connectivity index (χ0) is 9.68. The molecule has 0 spiro atoms. The normalized spacial score (nSPS) is 19.7. The maximum atomic E-state index is 4.98. The van der Waals surface area contributed by atoms with Crippen molar-refractivity contribution in [2.24, 2.45) is 5.92 Å². The van der Waals surface area contributed by atoms with Gasteiger partial charge < -0.3 is 22.0 Å². The standard InChI is InChI=1S/C10H21N2S.V/c1-10-4-8-12(9-5-10)7-3-6-11(2)13;/h10H,3-9H2,1-2H3;/q-1;. The first kappa shape index (κ1) is 14.9. The number of piperidine rings is 1. The summed E-state index contributed by atoms with van der Waals surface area (Å²) in [6.07, 6.45) is 3.97. The third-order valence-corrected chi connectivity index (χ3v) is 3.01. The van der Waals surface area contributed by atoms with Crippen LogP contribution in [0.4, 0.5) is 0 Å². The summed E-state index contributed by atoms with van der Waals surface area (Å²) in [4.78, 5) is 2.57. The minimum atomic E-state index is 0. The van der Waals surface area contributed by atoms with Gasteiger partial charge in [-0.25, -0.2) is 0 Å². The van der Waals surface area contributed by atoms with E-state index in [2.05, 4.69) is 11.8 Å². The van der Waals surface area contributed by atoms with Gasteiger partial charge in [-0.15, -0.1) is 0 Å². The van der Waals surface area contributed by atoms with Crippen molar-refractivity contribution < 1.29 is 18.6 Å².